The summed E-state index contributed by atoms with van der Waals surface area (Å²) in [4.78, 5) is 11.9. The summed E-state index contributed by atoms with van der Waals surface area (Å²) in [7, 11) is 0. The van der Waals surface area contributed by atoms with E-state index in [1.807, 2.05) is 18.3 Å². The second-order valence-corrected chi connectivity index (χ2v) is 9.61. The summed E-state index contributed by atoms with van der Waals surface area (Å²) in [5.74, 6) is 0.341. The third-order valence-electron chi connectivity index (χ3n) is 6.53. The zero-order chi connectivity index (χ0) is 20.7. The summed E-state index contributed by atoms with van der Waals surface area (Å²) >= 11 is 7.74. The van der Waals surface area contributed by atoms with Gasteiger partial charge in [0.15, 0.2) is 0 Å². The maximum atomic E-state index is 6.70. The second kappa shape index (κ2) is 8.69. The molecule has 1 fully saturated rings. The fraction of sp³-hybridized carbons (Fsp3) is 0.333. The number of fused-ring (bicyclic) bond motifs is 1. The van der Waals surface area contributed by atoms with E-state index in [0.717, 1.165) is 48.0 Å². The largest absolute Gasteiger partial charge is 0.382 e. The van der Waals surface area contributed by atoms with Crippen LogP contribution in [0.25, 0.3) is 0 Å². The minimum atomic E-state index is 0. The average Bonchev–Trinajstić information content (AvgIpc) is 3.04. The van der Waals surface area contributed by atoms with Crippen LogP contribution >= 0.6 is 23.4 Å². The molecule has 1 aliphatic carbocycles. The quantitative estimate of drug-likeness (QED) is 0.556. The molecule has 0 amide bonds. The van der Waals surface area contributed by atoms with Crippen molar-refractivity contribution in [2.75, 3.05) is 23.7 Å². The summed E-state index contributed by atoms with van der Waals surface area (Å²) in [6.07, 6.45) is 6.91. The van der Waals surface area contributed by atoms with Crippen LogP contribution in [0, 0.1) is 5.41 Å². The lowest BCUT2D eigenvalue weighted by Crippen LogP contribution is -2.44. The second-order valence-electron chi connectivity index (χ2n) is 8.17. The van der Waals surface area contributed by atoms with Gasteiger partial charge in [-0.2, -0.15) is 0 Å². The Morgan fingerprint density at radius 3 is 2.55 bits per heavy atom. The number of halogens is 1. The smallest absolute Gasteiger partial charge is 0.143 e. The van der Waals surface area contributed by atoms with Crippen LogP contribution in [0.1, 0.15) is 37.4 Å². The van der Waals surface area contributed by atoms with Gasteiger partial charge in [-0.1, -0.05) is 55.1 Å². The van der Waals surface area contributed by atoms with Gasteiger partial charge in [-0.05, 0) is 54.0 Å². The van der Waals surface area contributed by atoms with Crippen molar-refractivity contribution in [1.82, 2.24) is 9.97 Å². The normalized spacial score (nSPS) is 19.2. The fourth-order valence-electron chi connectivity index (χ4n) is 4.77. The first-order valence-electron chi connectivity index (χ1n) is 10.2. The molecule has 0 saturated carbocycles. The van der Waals surface area contributed by atoms with Gasteiger partial charge in [0, 0.05) is 30.2 Å². The predicted octanol–water partition coefficient (Wildman–Crippen LogP) is 5.34. The van der Waals surface area contributed by atoms with Crippen molar-refractivity contribution in [2.45, 2.75) is 42.7 Å². The van der Waals surface area contributed by atoms with Crippen LogP contribution in [0.15, 0.2) is 64.8 Å². The lowest BCUT2D eigenvalue weighted by molar-refractivity contribution is 0.187. The van der Waals surface area contributed by atoms with Gasteiger partial charge in [-0.25, -0.2) is 9.97 Å². The van der Waals surface area contributed by atoms with Gasteiger partial charge in [0.25, 0.3) is 0 Å². The minimum Gasteiger partial charge on any atom is -0.382 e. The molecule has 7 heteroatoms. The van der Waals surface area contributed by atoms with E-state index in [0.29, 0.717) is 10.8 Å². The topological polar surface area (TPSA) is 81.1 Å². The number of hydrogen-bond donors (Lipinski definition) is 2. The lowest BCUT2D eigenvalue weighted by Gasteiger charge is -2.43. The number of nitrogens with two attached hydrogens (primary N) is 2. The Morgan fingerprint density at radius 1 is 1.06 bits per heavy atom. The first-order chi connectivity index (χ1) is 14.6. The van der Waals surface area contributed by atoms with Gasteiger partial charge in [0.1, 0.15) is 10.8 Å². The Kier molecular flexibility index (Phi) is 6.15. The number of benzene rings is 1. The van der Waals surface area contributed by atoms with Gasteiger partial charge in [-0.3, -0.25) is 0 Å². The van der Waals surface area contributed by atoms with Crippen LogP contribution in [0.5, 0.6) is 0 Å². The molecule has 2 aliphatic rings. The van der Waals surface area contributed by atoms with Gasteiger partial charge in [-0.15, -0.1) is 0 Å². The summed E-state index contributed by atoms with van der Waals surface area (Å²) in [5.41, 5.74) is 16.6. The number of rotatable bonds is 3. The highest BCUT2D eigenvalue weighted by atomic mass is 35.5. The zero-order valence-electron chi connectivity index (χ0n) is 16.6. The summed E-state index contributed by atoms with van der Waals surface area (Å²) < 4.78 is 0. The molecule has 0 radical (unpaired) electrons. The van der Waals surface area contributed by atoms with E-state index in [2.05, 4.69) is 45.2 Å². The van der Waals surface area contributed by atoms with Crippen LogP contribution in [0.3, 0.4) is 0 Å². The molecule has 2 aromatic heterocycles. The van der Waals surface area contributed by atoms with E-state index >= 15 is 0 Å². The summed E-state index contributed by atoms with van der Waals surface area (Å²) in [6, 6.07) is 14.8. The first kappa shape index (κ1) is 21.9. The number of nitrogens with zero attached hydrogens (tertiary/aromatic N) is 3. The van der Waals surface area contributed by atoms with E-state index < -0.39 is 0 Å². The lowest BCUT2D eigenvalue weighted by atomic mass is 9.73. The van der Waals surface area contributed by atoms with E-state index in [4.69, 9.17) is 23.1 Å². The fourth-order valence-corrected chi connectivity index (χ4v) is 5.79. The molecule has 31 heavy (non-hydrogen) atoms. The van der Waals surface area contributed by atoms with Gasteiger partial charge in [0.05, 0.1) is 16.9 Å². The molecule has 1 spiro atoms. The van der Waals surface area contributed by atoms with Crippen LogP contribution in [-0.4, -0.2) is 23.1 Å². The van der Waals surface area contributed by atoms with Gasteiger partial charge < -0.3 is 16.4 Å². The third-order valence-corrected chi connectivity index (χ3v) is 8.05. The molecule has 1 aromatic carbocycles. The van der Waals surface area contributed by atoms with Crippen LogP contribution in [0.4, 0.5) is 11.5 Å². The van der Waals surface area contributed by atoms with E-state index in [-0.39, 0.29) is 18.9 Å². The first-order valence-corrected chi connectivity index (χ1v) is 11.4. The molecular weight excluding hydrogens is 426 g/mol. The molecule has 4 N–H and O–H groups in total. The minimum absolute atomic E-state index is 0. The molecule has 3 heterocycles. The summed E-state index contributed by atoms with van der Waals surface area (Å²) in [5, 5.41) is 1.36. The van der Waals surface area contributed by atoms with E-state index in [9.17, 15) is 0 Å². The molecule has 162 valence electrons. The Morgan fingerprint density at radius 2 is 1.84 bits per heavy atom. The van der Waals surface area contributed by atoms with Crippen molar-refractivity contribution < 1.29 is 0 Å². The molecule has 1 aliphatic heterocycles. The predicted molar refractivity (Wildman–Crippen MR) is 130 cm³/mol. The van der Waals surface area contributed by atoms with E-state index in [1.54, 1.807) is 6.20 Å². The van der Waals surface area contributed by atoms with Gasteiger partial charge in [0.2, 0.25) is 0 Å². The highest BCUT2D eigenvalue weighted by Crippen LogP contribution is 2.51. The Labute approximate surface area is 193 Å². The molecule has 0 bridgehead atoms. The Bertz CT molecular complexity index is 1060. The highest BCUT2D eigenvalue weighted by molar-refractivity contribution is 7.99. The highest BCUT2D eigenvalue weighted by Gasteiger charge is 2.45. The maximum absolute atomic E-state index is 6.70. The molecule has 0 unspecified atom stereocenters. The molecule has 3 aromatic rings. The molecule has 1 saturated heterocycles. The Hall–Kier alpha value is -2.28. The number of aromatic nitrogens is 2. The van der Waals surface area contributed by atoms with E-state index in [1.165, 1.54) is 22.9 Å². The van der Waals surface area contributed by atoms with Crippen LogP contribution in [0.2, 0.25) is 5.02 Å². The molecule has 5 rings (SSSR count). The third kappa shape index (κ3) is 4.00. The number of pyridine rings is 2. The van der Waals surface area contributed by atoms with Crippen LogP contribution in [-0.2, 0) is 6.42 Å². The van der Waals surface area contributed by atoms with Gasteiger partial charge >= 0.3 is 0 Å². The van der Waals surface area contributed by atoms with Crippen molar-refractivity contribution in [3.63, 3.8) is 0 Å². The summed E-state index contributed by atoms with van der Waals surface area (Å²) in [6.45, 7) is 2.01. The SMILES string of the molecule is C.Nc1nccc(Sc2ccc(N3CCC4(CC3)Cc3ccccc3[C@H]4N)cn2)c1Cl. The van der Waals surface area contributed by atoms with Crippen molar-refractivity contribution >= 4 is 34.9 Å². The number of nitrogen functional groups attached to an aromatic ring is 1. The number of hydrogen-bond acceptors (Lipinski definition) is 6. The monoisotopic (exact) mass is 453 g/mol. The van der Waals surface area contributed by atoms with Crippen LogP contribution < -0.4 is 16.4 Å². The maximum Gasteiger partial charge on any atom is 0.143 e. The standard InChI is InChI=1S/C23H24ClN5S.CH4/c24-20-18(7-10-27-22(20)26)30-19-6-5-16(14-28-19)29-11-8-23(9-12-29)13-15-3-1-2-4-17(15)21(23)25;/h1-7,10,14,21H,8-9,11-13,25H2,(H2,26,27);1H4/t21-;/m1./s1. The van der Waals surface area contributed by atoms with Crippen molar-refractivity contribution in [2.24, 2.45) is 11.1 Å². The molecular formula is C24H28ClN5S. The van der Waals surface area contributed by atoms with Crippen molar-refractivity contribution in [3.05, 3.63) is 71.0 Å². The molecule has 1 atom stereocenters. The Balaban J connectivity index is 0.00000231. The number of piperidine rings is 1. The van der Waals surface area contributed by atoms with Crippen molar-refractivity contribution in [3.8, 4) is 0 Å². The molecule has 5 nitrogen and oxygen atoms in total. The average molecular weight is 454 g/mol. The van der Waals surface area contributed by atoms with Crippen molar-refractivity contribution in [1.29, 1.82) is 0 Å². The number of anilines is 2. The zero-order valence-corrected chi connectivity index (χ0v) is 18.2.